The SMILES string of the molecule is CCN(C)C(=O)COc1c(CC(C)N)cc(Cl)cc1OC. The van der Waals surface area contributed by atoms with Gasteiger partial charge >= 0.3 is 0 Å². The van der Waals surface area contributed by atoms with E-state index < -0.39 is 0 Å². The van der Waals surface area contributed by atoms with E-state index in [1.165, 1.54) is 7.11 Å². The fraction of sp³-hybridized carbons (Fsp3) is 0.533. The molecule has 6 heteroatoms. The minimum atomic E-state index is -0.0961. The molecular formula is C15H23ClN2O3. The lowest BCUT2D eigenvalue weighted by atomic mass is 10.1. The second kappa shape index (κ2) is 8.10. The van der Waals surface area contributed by atoms with Crippen LogP contribution in [0.4, 0.5) is 0 Å². The number of nitrogens with zero attached hydrogens (tertiary/aromatic N) is 1. The quantitative estimate of drug-likeness (QED) is 0.837. The molecule has 0 spiro atoms. The average Bonchev–Trinajstić information content (AvgIpc) is 2.43. The van der Waals surface area contributed by atoms with Gasteiger partial charge in [-0.1, -0.05) is 11.6 Å². The van der Waals surface area contributed by atoms with Crippen molar-refractivity contribution < 1.29 is 14.3 Å². The molecule has 1 atom stereocenters. The number of ether oxygens (including phenoxy) is 2. The van der Waals surface area contributed by atoms with Crippen molar-refractivity contribution >= 4 is 17.5 Å². The Bertz CT molecular complexity index is 492. The summed E-state index contributed by atoms with van der Waals surface area (Å²) < 4.78 is 11.0. The lowest BCUT2D eigenvalue weighted by Crippen LogP contribution is -2.31. The van der Waals surface area contributed by atoms with Crippen LogP contribution < -0.4 is 15.2 Å². The number of benzene rings is 1. The highest BCUT2D eigenvalue weighted by Gasteiger charge is 2.16. The van der Waals surface area contributed by atoms with E-state index in [4.69, 9.17) is 26.8 Å². The molecule has 1 aromatic carbocycles. The van der Waals surface area contributed by atoms with Crippen LogP contribution in [0.1, 0.15) is 19.4 Å². The van der Waals surface area contributed by atoms with E-state index >= 15 is 0 Å². The number of hydrogen-bond donors (Lipinski definition) is 1. The van der Waals surface area contributed by atoms with Crippen LogP contribution in [0.5, 0.6) is 11.5 Å². The largest absolute Gasteiger partial charge is 0.493 e. The zero-order valence-corrected chi connectivity index (χ0v) is 13.7. The van der Waals surface area contributed by atoms with Gasteiger partial charge in [-0.25, -0.2) is 0 Å². The maximum absolute atomic E-state index is 11.9. The summed E-state index contributed by atoms with van der Waals surface area (Å²) in [5.41, 5.74) is 6.68. The minimum absolute atomic E-state index is 0.0473. The summed E-state index contributed by atoms with van der Waals surface area (Å²) in [4.78, 5) is 13.4. The van der Waals surface area contributed by atoms with E-state index in [9.17, 15) is 4.79 Å². The predicted octanol–water partition coefficient (Wildman–Crippen LogP) is 2.10. The normalized spacial score (nSPS) is 11.9. The van der Waals surface area contributed by atoms with Crippen LogP contribution in [0.3, 0.4) is 0 Å². The van der Waals surface area contributed by atoms with Crippen LogP contribution in [0.2, 0.25) is 5.02 Å². The first-order chi connectivity index (χ1) is 9.88. The third-order valence-corrected chi connectivity index (χ3v) is 3.32. The number of rotatable bonds is 7. The van der Waals surface area contributed by atoms with Crippen molar-refractivity contribution in [3.05, 3.63) is 22.7 Å². The number of carbonyl (C=O) groups is 1. The molecule has 21 heavy (non-hydrogen) atoms. The van der Waals surface area contributed by atoms with Gasteiger partial charge in [0.2, 0.25) is 0 Å². The first-order valence-corrected chi connectivity index (χ1v) is 7.25. The molecule has 1 unspecified atom stereocenters. The molecule has 118 valence electrons. The number of likely N-dealkylation sites (N-methyl/N-ethyl adjacent to an activating group) is 1. The van der Waals surface area contributed by atoms with Gasteiger partial charge in [-0.15, -0.1) is 0 Å². The van der Waals surface area contributed by atoms with Gasteiger partial charge in [-0.3, -0.25) is 4.79 Å². The molecule has 0 heterocycles. The zero-order valence-electron chi connectivity index (χ0n) is 13.0. The predicted molar refractivity (Wildman–Crippen MR) is 84.2 cm³/mol. The summed E-state index contributed by atoms with van der Waals surface area (Å²) in [5, 5.41) is 0.548. The van der Waals surface area contributed by atoms with Crippen molar-refractivity contribution in [1.82, 2.24) is 4.90 Å². The molecule has 0 aliphatic heterocycles. The Morgan fingerprint density at radius 1 is 1.48 bits per heavy atom. The fourth-order valence-electron chi connectivity index (χ4n) is 1.86. The molecule has 1 amide bonds. The molecule has 5 nitrogen and oxygen atoms in total. The van der Waals surface area contributed by atoms with Crippen molar-refractivity contribution in [3.63, 3.8) is 0 Å². The monoisotopic (exact) mass is 314 g/mol. The number of methoxy groups -OCH3 is 1. The van der Waals surface area contributed by atoms with Crippen LogP contribution in [-0.4, -0.2) is 44.2 Å². The van der Waals surface area contributed by atoms with Crippen molar-refractivity contribution in [1.29, 1.82) is 0 Å². The Morgan fingerprint density at radius 3 is 2.67 bits per heavy atom. The highest BCUT2D eigenvalue weighted by molar-refractivity contribution is 6.30. The molecule has 0 aromatic heterocycles. The van der Waals surface area contributed by atoms with Gasteiger partial charge in [-0.05, 0) is 26.3 Å². The molecule has 0 saturated carbocycles. The smallest absolute Gasteiger partial charge is 0.260 e. The molecule has 0 saturated heterocycles. The van der Waals surface area contributed by atoms with Crippen LogP contribution >= 0.6 is 11.6 Å². The summed E-state index contributed by atoms with van der Waals surface area (Å²) in [6.45, 7) is 4.39. The van der Waals surface area contributed by atoms with E-state index in [1.807, 2.05) is 13.8 Å². The molecule has 0 aliphatic carbocycles. The molecule has 0 radical (unpaired) electrons. The number of nitrogens with two attached hydrogens (primary N) is 1. The maximum Gasteiger partial charge on any atom is 0.260 e. The summed E-state index contributed by atoms with van der Waals surface area (Å²) in [7, 11) is 3.27. The zero-order chi connectivity index (χ0) is 16.0. The highest BCUT2D eigenvalue weighted by Crippen LogP contribution is 2.35. The van der Waals surface area contributed by atoms with Gasteiger partial charge in [0.25, 0.3) is 5.91 Å². The maximum atomic E-state index is 11.9. The number of amides is 1. The fourth-order valence-corrected chi connectivity index (χ4v) is 2.09. The molecule has 0 fully saturated rings. The lowest BCUT2D eigenvalue weighted by molar-refractivity contribution is -0.131. The second-order valence-electron chi connectivity index (χ2n) is 4.97. The average molecular weight is 315 g/mol. The van der Waals surface area contributed by atoms with Crippen LogP contribution in [0.15, 0.2) is 12.1 Å². The van der Waals surface area contributed by atoms with Gasteiger partial charge < -0.3 is 20.1 Å². The number of carbonyl (C=O) groups excluding carboxylic acids is 1. The van der Waals surface area contributed by atoms with E-state index in [0.717, 1.165) is 5.56 Å². The first kappa shape index (κ1) is 17.6. The standard InChI is InChI=1S/C15H23ClN2O3/c1-5-18(3)14(19)9-21-15-11(6-10(2)17)7-12(16)8-13(15)20-4/h7-8,10H,5-6,9,17H2,1-4H3. The van der Waals surface area contributed by atoms with Crippen LogP contribution in [-0.2, 0) is 11.2 Å². The van der Waals surface area contributed by atoms with E-state index in [2.05, 4.69) is 0 Å². The molecule has 0 bridgehead atoms. The van der Waals surface area contributed by atoms with E-state index in [-0.39, 0.29) is 18.6 Å². The van der Waals surface area contributed by atoms with Gasteiger partial charge in [0.15, 0.2) is 18.1 Å². The van der Waals surface area contributed by atoms with Gasteiger partial charge in [0, 0.05) is 36.3 Å². The third kappa shape index (κ3) is 5.10. The highest BCUT2D eigenvalue weighted by atomic mass is 35.5. The summed E-state index contributed by atoms with van der Waals surface area (Å²) in [6, 6.07) is 3.40. The molecule has 1 aromatic rings. The topological polar surface area (TPSA) is 64.8 Å². The summed E-state index contributed by atoms with van der Waals surface area (Å²) in [5.74, 6) is 0.934. The number of hydrogen-bond acceptors (Lipinski definition) is 4. The minimum Gasteiger partial charge on any atom is -0.493 e. The molecule has 0 aliphatic rings. The lowest BCUT2D eigenvalue weighted by Gasteiger charge is -2.19. The molecule has 2 N–H and O–H groups in total. The van der Waals surface area contributed by atoms with Gasteiger partial charge in [0.05, 0.1) is 7.11 Å². The van der Waals surface area contributed by atoms with Crippen LogP contribution in [0.25, 0.3) is 0 Å². The Balaban J connectivity index is 2.99. The van der Waals surface area contributed by atoms with Crippen molar-refractivity contribution in [2.45, 2.75) is 26.3 Å². The van der Waals surface area contributed by atoms with E-state index in [0.29, 0.717) is 29.5 Å². The first-order valence-electron chi connectivity index (χ1n) is 6.87. The third-order valence-electron chi connectivity index (χ3n) is 3.10. The second-order valence-corrected chi connectivity index (χ2v) is 5.41. The molecular weight excluding hydrogens is 292 g/mol. The number of halogens is 1. The Labute approximate surface area is 131 Å². The van der Waals surface area contributed by atoms with Crippen LogP contribution in [0, 0.1) is 0 Å². The van der Waals surface area contributed by atoms with Crippen molar-refractivity contribution in [3.8, 4) is 11.5 Å². The Hall–Kier alpha value is -1.46. The van der Waals surface area contributed by atoms with E-state index in [1.54, 1.807) is 24.1 Å². The van der Waals surface area contributed by atoms with Crippen molar-refractivity contribution in [2.75, 3.05) is 27.3 Å². The summed E-state index contributed by atoms with van der Waals surface area (Å²) in [6.07, 6.45) is 0.587. The molecule has 1 rings (SSSR count). The van der Waals surface area contributed by atoms with Crippen molar-refractivity contribution in [2.24, 2.45) is 5.73 Å². The van der Waals surface area contributed by atoms with Gasteiger partial charge in [-0.2, -0.15) is 0 Å². The van der Waals surface area contributed by atoms with Gasteiger partial charge in [0.1, 0.15) is 0 Å². The summed E-state index contributed by atoms with van der Waals surface area (Å²) >= 11 is 6.07. The Morgan fingerprint density at radius 2 is 2.14 bits per heavy atom. The Kier molecular flexibility index (Phi) is 6.78.